The molecule has 0 atom stereocenters. The van der Waals surface area contributed by atoms with Gasteiger partial charge in [-0.1, -0.05) is 17.8 Å². The Bertz CT molecular complexity index is 1360. The Hall–Kier alpha value is -2.27. The summed E-state index contributed by atoms with van der Waals surface area (Å²) in [6.07, 6.45) is 4.52. The molecule has 0 amide bonds. The molecule has 0 aliphatic carbocycles. The molecule has 6 rings (SSSR count). The summed E-state index contributed by atoms with van der Waals surface area (Å²) < 4.78 is 14.8. The molecule has 166 valence electrons. The van der Waals surface area contributed by atoms with Gasteiger partial charge in [-0.3, -0.25) is 4.40 Å². The van der Waals surface area contributed by atoms with Crippen molar-refractivity contribution < 1.29 is 9.47 Å². The second kappa shape index (κ2) is 7.65. The van der Waals surface area contributed by atoms with Gasteiger partial charge in [0.1, 0.15) is 21.7 Å². The van der Waals surface area contributed by atoms with Gasteiger partial charge < -0.3 is 14.4 Å². The van der Waals surface area contributed by atoms with Crippen molar-refractivity contribution in [3.63, 3.8) is 0 Å². The summed E-state index contributed by atoms with van der Waals surface area (Å²) in [5.74, 6) is 1.80. The molecule has 32 heavy (non-hydrogen) atoms. The van der Waals surface area contributed by atoms with Crippen LogP contribution in [0.4, 0.5) is 5.82 Å². The smallest absolute Gasteiger partial charge is 0.197 e. The molecule has 10 heteroatoms. The molecule has 6 heterocycles. The second-order valence-corrected chi connectivity index (χ2v) is 10.7. The van der Waals surface area contributed by atoms with Gasteiger partial charge in [0, 0.05) is 36.2 Å². The molecule has 0 spiro atoms. The number of thioether (sulfide) groups is 1. The largest absolute Gasteiger partial charge is 0.378 e. The fourth-order valence-electron chi connectivity index (χ4n) is 4.50. The van der Waals surface area contributed by atoms with E-state index in [1.165, 1.54) is 11.1 Å². The number of thiophene rings is 1. The average molecular weight is 469 g/mol. The molecule has 2 aliphatic heterocycles. The number of ether oxygens (including phenoxy) is 2. The van der Waals surface area contributed by atoms with Crippen molar-refractivity contribution >= 4 is 55.0 Å². The monoisotopic (exact) mass is 468 g/mol. The van der Waals surface area contributed by atoms with Gasteiger partial charge in [0.15, 0.2) is 10.8 Å². The molecule has 0 saturated carbocycles. The van der Waals surface area contributed by atoms with Gasteiger partial charge in [0.05, 0.1) is 30.9 Å². The highest BCUT2D eigenvalue weighted by Crippen LogP contribution is 2.43. The second-order valence-electron chi connectivity index (χ2n) is 8.70. The molecular weight excluding hydrogens is 444 g/mol. The Morgan fingerprint density at radius 1 is 1.25 bits per heavy atom. The topological polar surface area (TPSA) is 77.7 Å². The van der Waals surface area contributed by atoms with Crippen LogP contribution in [-0.2, 0) is 22.5 Å². The van der Waals surface area contributed by atoms with Crippen LogP contribution in [0.5, 0.6) is 0 Å². The summed E-state index contributed by atoms with van der Waals surface area (Å²) in [6, 6.07) is 0. The molecule has 0 N–H and O–H groups in total. The normalized spacial score (nSPS) is 18.5. The van der Waals surface area contributed by atoms with Gasteiger partial charge >= 0.3 is 0 Å². The van der Waals surface area contributed by atoms with Gasteiger partial charge in [-0.25, -0.2) is 9.97 Å². The molecule has 0 unspecified atom stereocenters. The molecule has 2 aliphatic rings. The number of hydrogen-bond donors (Lipinski definition) is 0. The molecular formula is C22H24N6O2S2. The predicted octanol–water partition coefficient (Wildman–Crippen LogP) is 3.85. The van der Waals surface area contributed by atoms with Crippen LogP contribution >= 0.6 is 23.1 Å². The fourth-order valence-corrected chi connectivity index (χ4v) is 6.26. The summed E-state index contributed by atoms with van der Waals surface area (Å²) in [5, 5.41) is 10.8. The van der Waals surface area contributed by atoms with E-state index in [4.69, 9.17) is 19.4 Å². The Morgan fingerprint density at radius 2 is 2.09 bits per heavy atom. The third-order valence-corrected chi connectivity index (χ3v) is 8.04. The molecule has 8 nitrogen and oxygen atoms in total. The first-order chi connectivity index (χ1) is 15.6. The highest BCUT2D eigenvalue weighted by molar-refractivity contribution is 7.99. The van der Waals surface area contributed by atoms with E-state index < -0.39 is 0 Å². The van der Waals surface area contributed by atoms with Crippen LogP contribution in [0.15, 0.2) is 24.1 Å². The maximum Gasteiger partial charge on any atom is 0.197 e. The Morgan fingerprint density at radius 3 is 2.91 bits per heavy atom. The summed E-state index contributed by atoms with van der Waals surface area (Å²) >= 11 is 3.26. The number of fused-ring (bicyclic) bond motifs is 7. The van der Waals surface area contributed by atoms with Crippen LogP contribution in [0.1, 0.15) is 25.0 Å². The molecule has 1 saturated heterocycles. The van der Waals surface area contributed by atoms with Crippen molar-refractivity contribution in [2.45, 2.75) is 37.6 Å². The van der Waals surface area contributed by atoms with E-state index in [0.29, 0.717) is 6.61 Å². The van der Waals surface area contributed by atoms with E-state index in [1.54, 1.807) is 23.1 Å². The number of aromatic nitrogens is 5. The number of morpholine rings is 1. The third kappa shape index (κ3) is 3.20. The maximum atomic E-state index is 6.22. The van der Waals surface area contributed by atoms with Gasteiger partial charge in [-0.2, -0.15) is 0 Å². The molecule has 0 radical (unpaired) electrons. The molecule has 4 aromatic heterocycles. The van der Waals surface area contributed by atoms with Gasteiger partial charge in [-0.05, 0) is 19.4 Å². The minimum absolute atomic E-state index is 0.231. The number of hydrogen-bond acceptors (Lipinski definition) is 9. The van der Waals surface area contributed by atoms with Crippen LogP contribution < -0.4 is 4.90 Å². The van der Waals surface area contributed by atoms with E-state index in [0.717, 1.165) is 75.5 Å². The van der Waals surface area contributed by atoms with Crippen molar-refractivity contribution in [3.8, 4) is 0 Å². The predicted molar refractivity (Wildman–Crippen MR) is 128 cm³/mol. The number of pyridine rings is 1. The van der Waals surface area contributed by atoms with Crippen molar-refractivity contribution in [1.29, 1.82) is 0 Å². The van der Waals surface area contributed by atoms with Crippen molar-refractivity contribution in [2.75, 3.05) is 37.0 Å². The van der Waals surface area contributed by atoms with Crippen molar-refractivity contribution in [1.82, 2.24) is 24.6 Å². The lowest BCUT2D eigenvalue weighted by Crippen LogP contribution is -2.39. The van der Waals surface area contributed by atoms with Gasteiger partial charge in [0.2, 0.25) is 0 Å². The van der Waals surface area contributed by atoms with Crippen LogP contribution in [0.2, 0.25) is 0 Å². The number of anilines is 1. The first-order valence-electron chi connectivity index (χ1n) is 10.7. The average Bonchev–Trinajstić information content (AvgIpc) is 3.38. The molecule has 0 bridgehead atoms. The van der Waals surface area contributed by atoms with E-state index in [1.807, 2.05) is 16.8 Å². The minimum atomic E-state index is -0.231. The lowest BCUT2D eigenvalue weighted by molar-refractivity contribution is -0.0396. The quantitative estimate of drug-likeness (QED) is 0.330. The summed E-state index contributed by atoms with van der Waals surface area (Å²) in [4.78, 5) is 13.4. The fraction of sp³-hybridized carbons (Fsp3) is 0.455. The zero-order valence-corrected chi connectivity index (χ0v) is 19.8. The number of nitrogens with zero attached hydrogens (tertiary/aromatic N) is 6. The third-order valence-electron chi connectivity index (χ3n) is 6.03. The Labute approximate surface area is 193 Å². The van der Waals surface area contributed by atoms with Crippen LogP contribution in [0.3, 0.4) is 0 Å². The van der Waals surface area contributed by atoms with Gasteiger partial charge in [-0.15, -0.1) is 28.1 Å². The molecule has 4 aromatic rings. The summed E-state index contributed by atoms with van der Waals surface area (Å²) in [5.41, 5.74) is 4.05. The summed E-state index contributed by atoms with van der Waals surface area (Å²) in [6.45, 7) is 11.8. The first kappa shape index (κ1) is 20.3. The minimum Gasteiger partial charge on any atom is -0.378 e. The standard InChI is InChI=1S/C22H24N6O2S2/c1-4-9-31-21-26-25-19-17-16(23-12-28(19)21)15-13-10-22(2,3)30-11-14(13)18(24-20(15)32-17)27-5-7-29-8-6-27/h4,12H,1,5-11H2,2-3H3. The van der Waals surface area contributed by atoms with Crippen molar-refractivity contribution in [2.24, 2.45) is 0 Å². The lowest BCUT2D eigenvalue weighted by Gasteiger charge is -2.36. The SMILES string of the molecule is C=CCSc1nnc2c3sc4nc(N5CCOCC5)c5c(c4c3ncn12)CC(C)(C)OC5. The zero-order valence-electron chi connectivity index (χ0n) is 18.1. The Balaban J connectivity index is 1.61. The molecule has 0 aromatic carbocycles. The zero-order chi connectivity index (χ0) is 21.9. The van der Waals surface area contributed by atoms with E-state index >= 15 is 0 Å². The van der Waals surface area contributed by atoms with Crippen LogP contribution in [-0.4, -0.2) is 62.2 Å². The van der Waals surface area contributed by atoms with E-state index in [2.05, 4.69) is 35.5 Å². The highest BCUT2D eigenvalue weighted by Gasteiger charge is 2.33. The van der Waals surface area contributed by atoms with Crippen molar-refractivity contribution in [3.05, 3.63) is 30.1 Å². The summed E-state index contributed by atoms with van der Waals surface area (Å²) in [7, 11) is 0. The van der Waals surface area contributed by atoms with Crippen LogP contribution in [0.25, 0.3) is 26.1 Å². The van der Waals surface area contributed by atoms with E-state index in [-0.39, 0.29) is 5.60 Å². The maximum absolute atomic E-state index is 6.22. The first-order valence-corrected chi connectivity index (χ1v) is 12.5. The Kier molecular flexibility index (Phi) is 4.87. The van der Waals surface area contributed by atoms with Gasteiger partial charge in [0.25, 0.3) is 0 Å². The lowest BCUT2D eigenvalue weighted by atomic mass is 9.90. The molecule has 1 fully saturated rings. The van der Waals surface area contributed by atoms with E-state index in [9.17, 15) is 0 Å². The number of rotatable bonds is 4. The van der Waals surface area contributed by atoms with Crippen LogP contribution in [0, 0.1) is 0 Å². The highest BCUT2D eigenvalue weighted by atomic mass is 32.2.